The van der Waals surface area contributed by atoms with Crippen molar-refractivity contribution in [1.29, 1.82) is 0 Å². The van der Waals surface area contributed by atoms with E-state index in [-0.39, 0.29) is 11.5 Å². The van der Waals surface area contributed by atoms with Gasteiger partial charge in [0, 0.05) is 18.8 Å². The Kier molecular flexibility index (Phi) is 10.8. The van der Waals surface area contributed by atoms with Crippen molar-refractivity contribution < 1.29 is 48.0 Å². The molecule has 1 unspecified atom stereocenters. The Morgan fingerprint density at radius 2 is 1.32 bits per heavy atom. The smallest absolute Gasteiger partial charge is 0.480 e. The summed E-state index contributed by atoms with van der Waals surface area (Å²) in [5.41, 5.74) is 6.32. The summed E-state index contributed by atoms with van der Waals surface area (Å²) in [6.45, 7) is 11.0. The van der Waals surface area contributed by atoms with E-state index in [1.807, 2.05) is 0 Å². The van der Waals surface area contributed by atoms with E-state index in [1.54, 1.807) is 41.5 Å². The lowest BCUT2D eigenvalue weighted by atomic mass is 9.79. The van der Waals surface area contributed by atoms with Crippen molar-refractivity contribution in [1.82, 2.24) is 0 Å². The lowest BCUT2D eigenvalue weighted by Gasteiger charge is -2.31. The molecule has 0 radical (unpaired) electrons. The number of hydrogen-bond acceptors (Lipinski definition) is 10. The van der Waals surface area contributed by atoms with Crippen molar-refractivity contribution in [3.8, 4) is 11.5 Å². The molecular formula is C23H33NO10. The van der Waals surface area contributed by atoms with Gasteiger partial charge < -0.3 is 34.5 Å². The maximum atomic E-state index is 12.1. The second kappa shape index (κ2) is 12.8. The molecule has 0 saturated carbocycles. The fourth-order valence-electron chi connectivity index (χ4n) is 3.16. The molecule has 0 saturated heterocycles. The van der Waals surface area contributed by atoms with Crippen LogP contribution >= 0.6 is 0 Å². The average molecular weight is 484 g/mol. The molecule has 190 valence electrons. The van der Waals surface area contributed by atoms with Gasteiger partial charge in [0.2, 0.25) is 0 Å². The third-order valence-electron chi connectivity index (χ3n) is 4.73. The van der Waals surface area contributed by atoms with E-state index in [0.717, 1.165) is 0 Å². The van der Waals surface area contributed by atoms with Crippen molar-refractivity contribution >= 4 is 24.2 Å². The van der Waals surface area contributed by atoms with Crippen LogP contribution in [-0.4, -0.2) is 53.7 Å². The van der Waals surface area contributed by atoms with Gasteiger partial charge in [0.25, 0.3) is 0 Å². The fraction of sp³-hybridized carbons (Fsp3) is 0.565. The minimum Gasteiger partial charge on any atom is -0.480 e. The summed E-state index contributed by atoms with van der Waals surface area (Å²) in [6, 6.07) is 2.73. The van der Waals surface area contributed by atoms with E-state index in [2.05, 4.69) is 0 Å². The zero-order valence-electron chi connectivity index (χ0n) is 20.4. The monoisotopic (exact) mass is 483 g/mol. The van der Waals surface area contributed by atoms with Crippen LogP contribution in [0, 0.1) is 5.92 Å². The first kappa shape index (κ1) is 28.7. The number of rotatable bonds is 10. The molecule has 0 amide bonds. The molecule has 0 heterocycles. The molecule has 1 aromatic carbocycles. The van der Waals surface area contributed by atoms with Crippen LogP contribution in [0.25, 0.3) is 0 Å². The van der Waals surface area contributed by atoms with Crippen molar-refractivity contribution in [3.63, 3.8) is 0 Å². The average Bonchev–Trinajstić information content (AvgIpc) is 2.67. The van der Waals surface area contributed by atoms with Gasteiger partial charge in [0.1, 0.15) is 12.1 Å². The molecule has 0 aromatic heterocycles. The first-order chi connectivity index (χ1) is 15.7. The molecule has 0 bridgehead atoms. The molecule has 3 N–H and O–H groups in total. The molecule has 0 aliphatic rings. The van der Waals surface area contributed by atoms with Gasteiger partial charge in [-0.2, -0.15) is 0 Å². The van der Waals surface area contributed by atoms with Crippen molar-refractivity contribution in [3.05, 3.63) is 23.8 Å². The predicted octanol–water partition coefficient (Wildman–Crippen LogP) is 3.62. The zero-order valence-corrected chi connectivity index (χ0v) is 20.4. The Morgan fingerprint density at radius 1 is 0.824 bits per heavy atom. The Hall–Kier alpha value is -3.34. The Bertz CT molecular complexity index is 883. The number of carbonyl (C=O) groups is 4. The predicted molar refractivity (Wildman–Crippen MR) is 120 cm³/mol. The highest BCUT2D eigenvalue weighted by molar-refractivity contribution is 5.75. The summed E-state index contributed by atoms with van der Waals surface area (Å²) in [4.78, 5) is 47.3. The Morgan fingerprint density at radius 3 is 1.76 bits per heavy atom. The second-order valence-electron chi connectivity index (χ2n) is 8.31. The van der Waals surface area contributed by atoms with Gasteiger partial charge >= 0.3 is 24.2 Å². The van der Waals surface area contributed by atoms with Crippen LogP contribution in [0.15, 0.2) is 18.2 Å². The first-order valence-electron chi connectivity index (χ1n) is 10.8. The van der Waals surface area contributed by atoms with Gasteiger partial charge in [0.05, 0.1) is 12.2 Å². The zero-order chi connectivity index (χ0) is 26.2. The molecular weight excluding hydrogens is 450 g/mol. The van der Waals surface area contributed by atoms with Crippen molar-refractivity contribution in [2.75, 3.05) is 0 Å². The summed E-state index contributed by atoms with van der Waals surface area (Å²) in [7, 11) is 0. The number of carboxylic acid groups (broad SMARTS) is 1. The maximum Gasteiger partial charge on any atom is 0.514 e. The van der Waals surface area contributed by atoms with Crippen molar-refractivity contribution in [2.45, 2.75) is 78.7 Å². The van der Waals surface area contributed by atoms with E-state index in [0.29, 0.717) is 5.56 Å². The summed E-state index contributed by atoms with van der Waals surface area (Å²) < 4.78 is 25.5. The largest absolute Gasteiger partial charge is 0.514 e. The topological polar surface area (TPSA) is 161 Å². The van der Waals surface area contributed by atoms with Crippen LogP contribution in [0.2, 0.25) is 0 Å². The standard InChI is InChI=1S/C23H33NO10/c1-11(2)30-22(28)33-17-9-8-16(10-18(17)34-23(29)31-12(3)4)19(20(24)21(26)27)13(5)14(6)32-15(7)25/h8-14,19-20H,24H2,1-7H3,(H,26,27)/t13-,14+,19?,20-/m0/s1. The lowest BCUT2D eigenvalue weighted by Crippen LogP contribution is -2.42. The number of ether oxygens (including phenoxy) is 5. The third kappa shape index (κ3) is 8.89. The number of hydrogen-bond donors (Lipinski definition) is 2. The van der Waals surface area contributed by atoms with E-state index in [4.69, 9.17) is 29.4 Å². The van der Waals surface area contributed by atoms with Gasteiger partial charge in [-0.15, -0.1) is 0 Å². The van der Waals surface area contributed by atoms with Gasteiger partial charge in [0.15, 0.2) is 11.5 Å². The summed E-state index contributed by atoms with van der Waals surface area (Å²) in [5, 5.41) is 9.57. The summed E-state index contributed by atoms with van der Waals surface area (Å²) in [6.07, 6.45) is -3.71. The molecule has 0 aliphatic carbocycles. The van der Waals surface area contributed by atoms with E-state index < -0.39 is 60.4 Å². The van der Waals surface area contributed by atoms with Gasteiger partial charge in [-0.3, -0.25) is 9.59 Å². The minimum atomic E-state index is -1.39. The van der Waals surface area contributed by atoms with Gasteiger partial charge in [-0.25, -0.2) is 9.59 Å². The van der Waals surface area contributed by atoms with Crippen LogP contribution in [-0.2, 0) is 23.8 Å². The van der Waals surface area contributed by atoms with Crippen LogP contribution in [0.4, 0.5) is 9.59 Å². The number of nitrogens with two attached hydrogens (primary N) is 1. The highest BCUT2D eigenvalue weighted by Gasteiger charge is 2.35. The molecule has 0 aliphatic heterocycles. The molecule has 1 rings (SSSR count). The van der Waals surface area contributed by atoms with Crippen LogP contribution in [0.3, 0.4) is 0 Å². The second-order valence-corrected chi connectivity index (χ2v) is 8.31. The summed E-state index contributed by atoms with van der Waals surface area (Å²) in [5.74, 6) is -3.60. The minimum absolute atomic E-state index is 0.154. The lowest BCUT2D eigenvalue weighted by molar-refractivity contribution is -0.148. The Balaban J connectivity index is 3.47. The highest BCUT2D eigenvalue weighted by atomic mass is 16.7. The van der Waals surface area contributed by atoms with Crippen molar-refractivity contribution in [2.24, 2.45) is 11.7 Å². The normalized spacial score (nSPS) is 14.5. The highest BCUT2D eigenvalue weighted by Crippen LogP contribution is 2.37. The van der Waals surface area contributed by atoms with Crippen LogP contribution < -0.4 is 15.2 Å². The number of carbonyl (C=O) groups excluding carboxylic acids is 3. The molecule has 4 atom stereocenters. The SMILES string of the molecule is CC(=O)O[C@H](C)[C@H](C)C(c1ccc(OC(=O)OC(C)C)c(OC(=O)OC(C)C)c1)[C@H](N)C(=O)O. The number of carboxylic acids is 1. The van der Waals surface area contributed by atoms with E-state index in [9.17, 15) is 24.3 Å². The van der Waals surface area contributed by atoms with Crippen LogP contribution in [0.5, 0.6) is 11.5 Å². The molecule has 0 spiro atoms. The quantitative estimate of drug-likeness (QED) is 0.284. The fourth-order valence-corrected chi connectivity index (χ4v) is 3.16. The van der Waals surface area contributed by atoms with E-state index in [1.165, 1.54) is 25.1 Å². The van der Waals surface area contributed by atoms with Gasteiger partial charge in [-0.05, 0) is 52.3 Å². The summed E-state index contributed by atoms with van der Waals surface area (Å²) >= 11 is 0. The third-order valence-corrected chi connectivity index (χ3v) is 4.73. The van der Waals surface area contributed by atoms with Crippen LogP contribution in [0.1, 0.15) is 59.9 Å². The van der Waals surface area contributed by atoms with E-state index >= 15 is 0 Å². The molecule has 1 aromatic rings. The number of esters is 1. The number of aliphatic carboxylic acids is 1. The first-order valence-corrected chi connectivity index (χ1v) is 10.8. The molecule has 11 nitrogen and oxygen atoms in total. The number of benzene rings is 1. The maximum absolute atomic E-state index is 12.1. The Labute approximate surface area is 198 Å². The molecule has 0 fully saturated rings. The molecule has 34 heavy (non-hydrogen) atoms. The molecule has 11 heteroatoms. The van der Waals surface area contributed by atoms with Gasteiger partial charge in [-0.1, -0.05) is 13.0 Å².